The highest BCUT2D eigenvalue weighted by Gasteiger charge is 2.36. The van der Waals surface area contributed by atoms with Crippen molar-refractivity contribution in [3.8, 4) is 0 Å². The van der Waals surface area contributed by atoms with Gasteiger partial charge in [0.2, 0.25) is 10.0 Å². The monoisotopic (exact) mass is 242 g/mol. The van der Waals surface area contributed by atoms with Crippen LogP contribution in [-0.4, -0.2) is 36.5 Å². The number of hydrogen-bond acceptors (Lipinski definition) is 4. The molecule has 1 fully saturated rings. The summed E-state index contributed by atoms with van der Waals surface area (Å²) in [6.45, 7) is 4.15. The lowest BCUT2D eigenvalue weighted by atomic mass is 10.2. The summed E-state index contributed by atoms with van der Waals surface area (Å²) in [7, 11) is -3.04. The second-order valence-electron chi connectivity index (χ2n) is 4.33. The van der Waals surface area contributed by atoms with E-state index in [1.54, 1.807) is 6.20 Å². The van der Waals surface area contributed by atoms with E-state index in [9.17, 15) is 8.42 Å². The van der Waals surface area contributed by atoms with Crippen molar-refractivity contribution in [3.05, 3.63) is 11.9 Å². The van der Waals surface area contributed by atoms with Crippen molar-refractivity contribution in [1.29, 1.82) is 0 Å². The quantitative estimate of drug-likeness (QED) is 0.722. The summed E-state index contributed by atoms with van der Waals surface area (Å²) in [4.78, 5) is 0. The van der Waals surface area contributed by atoms with Crippen LogP contribution in [0.25, 0.3) is 0 Å². The molecule has 3 rings (SSSR count). The van der Waals surface area contributed by atoms with Gasteiger partial charge in [0.1, 0.15) is 0 Å². The van der Waals surface area contributed by atoms with E-state index in [1.807, 2.05) is 4.68 Å². The predicted molar refractivity (Wildman–Crippen MR) is 59.7 cm³/mol. The van der Waals surface area contributed by atoms with Gasteiger partial charge in [-0.1, -0.05) is 0 Å². The summed E-state index contributed by atoms with van der Waals surface area (Å²) < 4.78 is 26.4. The Labute approximate surface area is 94.3 Å². The molecule has 1 N–H and O–H groups in total. The van der Waals surface area contributed by atoms with Gasteiger partial charge in [-0.3, -0.25) is 8.99 Å². The fourth-order valence-corrected chi connectivity index (χ4v) is 3.26. The SMILES string of the molecule is C[C@H]1Cn2ncc(N3CCS3(=O)=O)c2CN1. The lowest BCUT2D eigenvalue weighted by molar-refractivity contribution is 0.389. The minimum Gasteiger partial charge on any atom is -0.307 e. The molecule has 16 heavy (non-hydrogen) atoms. The third-order valence-corrected chi connectivity index (χ3v) is 4.90. The van der Waals surface area contributed by atoms with Crippen LogP contribution < -0.4 is 9.62 Å². The van der Waals surface area contributed by atoms with Crippen LogP contribution in [0.1, 0.15) is 12.6 Å². The van der Waals surface area contributed by atoms with E-state index in [0.29, 0.717) is 19.1 Å². The van der Waals surface area contributed by atoms with E-state index >= 15 is 0 Å². The molecule has 0 unspecified atom stereocenters. The highest BCUT2D eigenvalue weighted by molar-refractivity contribution is 7.94. The van der Waals surface area contributed by atoms with Crippen LogP contribution in [0.5, 0.6) is 0 Å². The summed E-state index contributed by atoms with van der Waals surface area (Å²) in [5.74, 6) is 0.251. The third kappa shape index (κ3) is 1.35. The summed E-state index contributed by atoms with van der Waals surface area (Å²) >= 11 is 0. The van der Waals surface area contributed by atoms with Gasteiger partial charge in [-0.15, -0.1) is 0 Å². The van der Waals surface area contributed by atoms with Crippen LogP contribution in [0, 0.1) is 0 Å². The maximum atomic E-state index is 11.5. The van der Waals surface area contributed by atoms with E-state index in [-0.39, 0.29) is 5.75 Å². The average Bonchev–Trinajstić information content (AvgIpc) is 2.60. The molecule has 0 bridgehead atoms. The van der Waals surface area contributed by atoms with Crippen molar-refractivity contribution >= 4 is 15.7 Å². The molecule has 3 heterocycles. The first-order valence-electron chi connectivity index (χ1n) is 5.36. The predicted octanol–water partition coefficient (Wildman–Crippen LogP) is -0.475. The topological polar surface area (TPSA) is 67.2 Å². The molecule has 6 nitrogen and oxygen atoms in total. The van der Waals surface area contributed by atoms with Crippen molar-refractivity contribution in [1.82, 2.24) is 15.1 Å². The number of hydrogen-bond donors (Lipinski definition) is 1. The first-order valence-corrected chi connectivity index (χ1v) is 6.97. The van der Waals surface area contributed by atoms with Crippen LogP contribution in [0.4, 0.5) is 5.69 Å². The Morgan fingerprint density at radius 3 is 3.00 bits per heavy atom. The normalized spacial score (nSPS) is 27.3. The second kappa shape index (κ2) is 3.21. The van der Waals surface area contributed by atoms with Crippen molar-refractivity contribution in [2.45, 2.75) is 26.1 Å². The molecule has 0 spiro atoms. The van der Waals surface area contributed by atoms with Crippen LogP contribution in [0.15, 0.2) is 6.20 Å². The molecule has 1 atom stereocenters. The van der Waals surface area contributed by atoms with Gasteiger partial charge >= 0.3 is 0 Å². The Morgan fingerprint density at radius 1 is 1.56 bits per heavy atom. The molecule has 0 amide bonds. The van der Waals surface area contributed by atoms with E-state index in [2.05, 4.69) is 17.3 Å². The van der Waals surface area contributed by atoms with Gasteiger partial charge in [-0.05, 0) is 6.92 Å². The first-order chi connectivity index (χ1) is 7.58. The van der Waals surface area contributed by atoms with Gasteiger partial charge < -0.3 is 5.32 Å². The maximum Gasteiger partial charge on any atom is 0.237 e. The van der Waals surface area contributed by atoms with E-state index in [1.165, 1.54) is 4.31 Å². The van der Waals surface area contributed by atoms with E-state index in [0.717, 1.165) is 17.9 Å². The molecule has 1 saturated heterocycles. The molecule has 2 aliphatic heterocycles. The van der Waals surface area contributed by atoms with Gasteiger partial charge in [0.25, 0.3) is 0 Å². The van der Waals surface area contributed by atoms with Gasteiger partial charge in [-0.2, -0.15) is 5.10 Å². The largest absolute Gasteiger partial charge is 0.307 e. The zero-order chi connectivity index (χ0) is 11.3. The summed E-state index contributed by atoms with van der Waals surface area (Å²) in [5.41, 5.74) is 1.71. The molecule has 88 valence electrons. The molecular formula is C9H14N4O2S. The smallest absolute Gasteiger partial charge is 0.237 e. The van der Waals surface area contributed by atoms with Gasteiger partial charge in [-0.25, -0.2) is 8.42 Å². The Morgan fingerprint density at radius 2 is 2.38 bits per heavy atom. The standard InChI is InChI=1S/C9H14N4O2S/c1-7-6-12-8(4-10-7)9(5-11-12)13-2-3-16(13,14)15/h5,7,10H,2-4,6H2,1H3/t7-/m0/s1. The number of sulfonamides is 1. The van der Waals surface area contributed by atoms with Crippen molar-refractivity contribution in [2.24, 2.45) is 0 Å². The van der Waals surface area contributed by atoms with Gasteiger partial charge in [0, 0.05) is 12.6 Å². The average molecular weight is 242 g/mol. The Balaban J connectivity index is 1.98. The molecule has 0 aliphatic carbocycles. The molecule has 1 aromatic rings. The molecule has 7 heteroatoms. The Hall–Kier alpha value is -1.08. The van der Waals surface area contributed by atoms with Gasteiger partial charge in [0.15, 0.2) is 0 Å². The summed E-state index contributed by atoms with van der Waals surface area (Å²) in [6.07, 6.45) is 1.66. The molecule has 0 saturated carbocycles. The zero-order valence-corrected chi connectivity index (χ0v) is 9.87. The minimum atomic E-state index is -3.04. The highest BCUT2D eigenvalue weighted by Crippen LogP contribution is 2.29. The second-order valence-corrected chi connectivity index (χ2v) is 6.34. The first kappa shape index (κ1) is 10.1. The van der Waals surface area contributed by atoms with Crippen molar-refractivity contribution in [3.63, 3.8) is 0 Å². The zero-order valence-electron chi connectivity index (χ0n) is 9.05. The number of rotatable bonds is 1. The maximum absolute atomic E-state index is 11.5. The molecule has 1 aromatic heterocycles. The van der Waals surface area contributed by atoms with Crippen LogP contribution in [-0.2, 0) is 23.1 Å². The third-order valence-electron chi connectivity index (χ3n) is 3.15. The van der Waals surface area contributed by atoms with E-state index < -0.39 is 10.0 Å². The molecule has 0 aromatic carbocycles. The number of fused-ring (bicyclic) bond motifs is 1. The fraction of sp³-hybridized carbons (Fsp3) is 0.667. The Bertz CT molecular complexity index is 522. The lowest BCUT2D eigenvalue weighted by Crippen LogP contribution is -2.48. The fourth-order valence-electron chi connectivity index (χ4n) is 2.15. The molecular weight excluding hydrogens is 228 g/mol. The Kier molecular flexibility index (Phi) is 2.02. The number of nitrogens with one attached hydrogen (secondary N) is 1. The summed E-state index contributed by atoms with van der Waals surface area (Å²) in [5, 5.41) is 7.56. The van der Waals surface area contributed by atoms with Crippen molar-refractivity contribution < 1.29 is 8.42 Å². The lowest BCUT2D eigenvalue weighted by Gasteiger charge is -2.33. The van der Waals surface area contributed by atoms with Crippen LogP contribution in [0.2, 0.25) is 0 Å². The van der Waals surface area contributed by atoms with Crippen LogP contribution in [0.3, 0.4) is 0 Å². The van der Waals surface area contributed by atoms with Crippen LogP contribution >= 0.6 is 0 Å². The highest BCUT2D eigenvalue weighted by atomic mass is 32.2. The number of nitrogens with zero attached hydrogens (tertiary/aromatic N) is 3. The number of anilines is 1. The van der Waals surface area contributed by atoms with E-state index in [4.69, 9.17) is 0 Å². The minimum absolute atomic E-state index is 0.251. The molecule has 2 aliphatic rings. The van der Waals surface area contributed by atoms with Gasteiger partial charge in [0.05, 0.1) is 36.4 Å². The molecule has 0 radical (unpaired) electrons. The summed E-state index contributed by atoms with van der Waals surface area (Å²) in [6, 6.07) is 0.383. The van der Waals surface area contributed by atoms with Crippen molar-refractivity contribution in [2.75, 3.05) is 16.6 Å². The number of aromatic nitrogens is 2.